The molecule has 4 rings (SSSR count). The van der Waals surface area contributed by atoms with Crippen molar-refractivity contribution in [3.8, 4) is 0 Å². The van der Waals surface area contributed by atoms with Gasteiger partial charge in [0.1, 0.15) is 0 Å². The summed E-state index contributed by atoms with van der Waals surface area (Å²) in [5.74, 6) is 0.0824. The highest BCUT2D eigenvalue weighted by molar-refractivity contribution is 9.10. The van der Waals surface area contributed by atoms with Gasteiger partial charge in [-0.25, -0.2) is 4.98 Å². The van der Waals surface area contributed by atoms with Gasteiger partial charge in [0, 0.05) is 23.2 Å². The molecular formula is C18H16BrN3OS. The standard InChI is InChI=1S/C18H16BrN3OS/c1-11-5-6-15-16(7-11)24-18(21-15)22-9-12(10-22)17(23)20-14-4-2-3-13(19)8-14/h2-8,12H,9-10H2,1H3,(H,20,23). The van der Waals surface area contributed by atoms with Gasteiger partial charge in [-0.2, -0.15) is 0 Å². The molecule has 0 atom stereocenters. The molecule has 1 aliphatic heterocycles. The molecule has 0 bridgehead atoms. The molecule has 1 saturated heterocycles. The highest BCUT2D eigenvalue weighted by Crippen LogP contribution is 2.33. The molecule has 1 fully saturated rings. The average molecular weight is 402 g/mol. The Morgan fingerprint density at radius 3 is 2.92 bits per heavy atom. The Labute approximate surface area is 152 Å². The third-order valence-electron chi connectivity index (χ3n) is 4.15. The summed E-state index contributed by atoms with van der Waals surface area (Å²) >= 11 is 5.11. The largest absolute Gasteiger partial charge is 0.346 e. The van der Waals surface area contributed by atoms with Crippen molar-refractivity contribution in [3.63, 3.8) is 0 Å². The van der Waals surface area contributed by atoms with Gasteiger partial charge in [-0.05, 0) is 42.8 Å². The summed E-state index contributed by atoms with van der Waals surface area (Å²) in [5, 5.41) is 3.98. The van der Waals surface area contributed by atoms with Crippen LogP contribution in [0.15, 0.2) is 46.9 Å². The van der Waals surface area contributed by atoms with E-state index in [4.69, 9.17) is 0 Å². The van der Waals surface area contributed by atoms with E-state index in [1.54, 1.807) is 11.3 Å². The van der Waals surface area contributed by atoms with E-state index in [9.17, 15) is 4.79 Å². The van der Waals surface area contributed by atoms with Crippen LogP contribution in [0.5, 0.6) is 0 Å². The minimum Gasteiger partial charge on any atom is -0.346 e. The van der Waals surface area contributed by atoms with Crippen LogP contribution < -0.4 is 10.2 Å². The Kier molecular flexibility index (Phi) is 4.02. The molecule has 0 spiro atoms. The number of aromatic nitrogens is 1. The maximum Gasteiger partial charge on any atom is 0.231 e. The Hall–Kier alpha value is -1.92. The molecule has 122 valence electrons. The van der Waals surface area contributed by atoms with Crippen molar-refractivity contribution < 1.29 is 4.79 Å². The minimum absolute atomic E-state index is 0.0118. The molecule has 24 heavy (non-hydrogen) atoms. The molecular weight excluding hydrogens is 386 g/mol. The van der Waals surface area contributed by atoms with Gasteiger partial charge in [0.25, 0.3) is 0 Å². The number of anilines is 2. The Morgan fingerprint density at radius 1 is 1.29 bits per heavy atom. The maximum absolute atomic E-state index is 12.3. The number of halogens is 1. The molecule has 1 amide bonds. The molecule has 2 aromatic carbocycles. The lowest BCUT2D eigenvalue weighted by Crippen LogP contribution is -2.52. The molecule has 6 heteroatoms. The van der Waals surface area contributed by atoms with Crippen LogP contribution in [0.3, 0.4) is 0 Å². The van der Waals surface area contributed by atoms with Crippen LogP contribution >= 0.6 is 27.3 Å². The van der Waals surface area contributed by atoms with E-state index in [0.717, 1.165) is 33.9 Å². The normalized spacial score (nSPS) is 14.7. The predicted octanol–water partition coefficient (Wildman–Crippen LogP) is 4.44. The third-order valence-corrected chi connectivity index (χ3v) is 5.72. The van der Waals surface area contributed by atoms with Crippen molar-refractivity contribution in [2.75, 3.05) is 23.3 Å². The van der Waals surface area contributed by atoms with Crippen LogP contribution in [-0.4, -0.2) is 24.0 Å². The first-order valence-electron chi connectivity index (χ1n) is 7.77. The number of hydrogen-bond acceptors (Lipinski definition) is 4. The van der Waals surface area contributed by atoms with E-state index in [1.165, 1.54) is 10.3 Å². The van der Waals surface area contributed by atoms with Crippen molar-refractivity contribution >= 4 is 54.2 Å². The molecule has 1 aliphatic rings. The average Bonchev–Trinajstić information content (AvgIpc) is 2.88. The molecule has 2 heterocycles. The lowest BCUT2D eigenvalue weighted by molar-refractivity contribution is -0.120. The fourth-order valence-electron chi connectivity index (χ4n) is 2.77. The van der Waals surface area contributed by atoms with Crippen LogP contribution in [0.2, 0.25) is 0 Å². The molecule has 0 aliphatic carbocycles. The number of benzene rings is 2. The number of carbonyl (C=O) groups is 1. The molecule has 1 N–H and O–H groups in total. The lowest BCUT2D eigenvalue weighted by atomic mass is 10.00. The fourth-order valence-corrected chi connectivity index (χ4v) is 4.25. The first-order valence-corrected chi connectivity index (χ1v) is 9.38. The zero-order chi connectivity index (χ0) is 16.7. The van der Waals surface area contributed by atoms with Gasteiger partial charge in [0.15, 0.2) is 5.13 Å². The number of thiazole rings is 1. The highest BCUT2D eigenvalue weighted by atomic mass is 79.9. The second-order valence-corrected chi connectivity index (χ2v) is 7.99. The SMILES string of the molecule is Cc1ccc2nc(N3CC(C(=O)Nc4cccc(Br)c4)C3)sc2c1. The van der Waals surface area contributed by atoms with Gasteiger partial charge >= 0.3 is 0 Å². The zero-order valence-electron chi connectivity index (χ0n) is 13.1. The summed E-state index contributed by atoms with van der Waals surface area (Å²) in [6, 6.07) is 14.0. The summed E-state index contributed by atoms with van der Waals surface area (Å²) in [4.78, 5) is 19.2. The quantitative estimate of drug-likeness (QED) is 0.705. The monoisotopic (exact) mass is 401 g/mol. The van der Waals surface area contributed by atoms with Crippen molar-refractivity contribution in [1.29, 1.82) is 0 Å². The first-order chi connectivity index (χ1) is 11.6. The van der Waals surface area contributed by atoms with E-state index in [1.807, 2.05) is 24.3 Å². The van der Waals surface area contributed by atoms with Crippen LogP contribution in [0.25, 0.3) is 10.2 Å². The van der Waals surface area contributed by atoms with Crippen molar-refractivity contribution in [2.45, 2.75) is 6.92 Å². The van der Waals surface area contributed by atoms with Crippen molar-refractivity contribution in [2.24, 2.45) is 5.92 Å². The Morgan fingerprint density at radius 2 is 2.12 bits per heavy atom. The van der Waals surface area contributed by atoms with Crippen LogP contribution in [0.4, 0.5) is 10.8 Å². The van der Waals surface area contributed by atoms with Gasteiger partial charge in [-0.15, -0.1) is 0 Å². The van der Waals surface area contributed by atoms with Crippen LogP contribution in [0.1, 0.15) is 5.56 Å². The van der Waals surface area contributed by atoms with E-state index >= 15 is 0 Å². The molecule has 1 aromatic heterocycles. The first kappa shape index (κ1) is 15.6. The zero-order valence-corrected chi connectivity index (χ0v) is 15.5. The van der Waals surface area contributed by atoms with E-state index in [0.29, 0.717) is 0 Å². The predicted molar refractivity (Wildman–Crippen MR) is 103 cm³/mol. The van der Waals surface area contributed by atoms with Crippen molar-refractivity contribution in [3.05, 3.63) is 52.5 Å². The summed E-state index contributed by atoms with van der Waals surface area (Å²) in [5.41, 5.74) is 3.10. The smallest absolute Gasteiger partial charge is 0.231 e. The van der Waals surface area contributed by atoms with Gasteiger partial charge in [0.2, 0.25) is 5.91 Å². The minimum atomic E-state index is 0.0118. The fraction of sp³-hybridized carbons (Fsp3) is 0.222. The summed E-state index contributed by atoms with van der Waals surface area (Å²) in [6.07, 6.45) is 0. The second-order valence-electron chi connectivity index (χ2n) is 6.07. The Balaban J connectivity index is 1.40. The van der Waals surface area contributed by atoms with Crippen LogP contribution in [-0.2, 0) is 4.79 Å². The molecule has 0 unspecified atom stereocenters. The van der Waals surface area contributed by atoms with Gasteiger partial charge in [0.05, 0.1) is 16.1 Å². The second kappa shape index (κ2) is 6.18. The Bertz CT molecular complexity index is 918. The molecule has 3 aromatic rings. The number of aryl methyl sites for hydroxylation is 1. The number of fused-ring (bicyclic) bond motifs is 1. The van der Waals surface area contributed by atoms with E-state index in [2.05, 4.69) is 56.3 Å². The van der Waals surface area contributed by atoms with E-state index < -0.39 is 0 Å². The molecule has 0 saturated carbocycles. The van der Waals surface area contributed by atoms with Gasteiger partial charge in [-0.1, -0.05) is 39.4 Å². The third kappa shape index (κ3) is 3.03. The van der Waals surface area contributed by atoms with Crippen molar-refractivity contribution in [1.82, 2.24) is 4.98 Å². The molecule has 4 nitrogen and oxygen atoms in total. The lowest BCUT2D eigenvalue weighted by Gasteiger charge is -2.37. The summed E-state index contributed by atoms with van der Waals surface area (Å²) < 4.78 is 2.16. The van der Waals surface area contributed by atoms with Crippen LogP contribution in [0, 0.1) is 12.8 Å². The van der Waals surface area contributed by atoms with E-state index in [-0.39, 0.29) is 11.8 Å². The number of hydrogen-bond donors (Lipinski definition) is 1. The number of rotatable bonds is 3. The molecule has 0 radical (unpaired) electrons. The number of amides is 1. The number of nitrogens with zero attached hydrogens (tertiary/aromatic N) is 2. The number of carbonyl (C=O) groups excluding carboxylic acids is 1. The highest BCUT2D eigenvalue weighted by Gasteiger charge is 2.34. The van der Waals surface area contributed by atoms with Gasteiger partial charge < -0.3 is 10.2 Å². The summed E-state index contributed by atoms with van der Waals surface area (Å²) in [6.45, 7) is 3.53. The maximum atomic E-state index is 12.3. The number of nitrogens with one attached hydrogen (secondary N) is 1. The topological polar surface area (TPSA) is 45.2 Å². The summed E-state index contributed by atoms with van der Waals surface area (Å²) in [7, 11) is 0. The van der Waals surface area contributed by atoms with Gasteiger partial charge in [-0.3, -0.25) is 4.79 Å².